The normalized spacial score (nSPS) is 37.1. The molecule has 1 saturated heterocycles. The molecule has 0 bridgehead atoms. The average Bonchev–Trinajstić information content (AvgIpc) is 2.54. The maximum atomic E-state index is 12.0. The second-order valence-electron chi connectivity index (χ2n) is 5.69. The van der Waals surface area contributed by atoms with Crippen molar-refractivity contribution in [3.8, 4) is 0 Å². The smallest absolute Gasteiger partial charge is 0.311 e. The third kappa shape index (κ3) is 1.82. The largest absolute Gasteiger partial charge is 0.481 e. The Bertz CT molecular complexity index is 406. The Hall–Kier alpha value is -1.39. The van der Waals surface area contributed by atoms with Crippen molar-refractivity contribution in [1.82, 2.24) is 4.90 Å². The molecule has 2 fully saturated rings. The highest BCUT2D eigenvalue weighted by Crippen LogP contribution is 2.41. The van der Waals surface area contributed by atoms with Gasteiger partial charge >= 0.3 is 5.97 Å². The Balaban J connectivity index is 2.33. The van der Waals surface area contributed by atoms with Crippen molar-refractivity contribution >= 4 is 17.8 Å². The SMILES string of the molecule is CC1CC(=O)N(C2CCCCC2(C)C(=O)O)C1=O. The van der Waals surface area contributed by atoms with E-state index in [0.717, 1.165) is 12.8 Å². The standard InChI is InChI=1S/C13H19NO4/c1-8-7-10(15)14(11(8)16)9-5-3-4-6-13(9,2)12(17)18/h8-9H,3-7H2,1-2H3,(H,17,18). The summed E-state index contributed by atoms with van der Waals surface area (Å²) < 4.78 is 0. The summed E-state index contributed by atoms with van der Waals surface area (Å²) in [4.78, 5) is 36.7. The number of rotatable bonds is 2. The Kier molecular flexibility index (Phi) is 3.17. The lowest BCUT2D eigenvalue weighted by Crippen LogP contribution is -2.54. The average molecular weight is 253 g/mol. The van der Waals surface area contributed by atoms with Crippen LogP contribution in [0.2, 0.25) is 0 Å². The molecule has 0 radical (unpaired) electrons. The molecule has 18 heavy (non-hydrogen) atoms. The second-order valence-corrected chi connectivity index (χ2v) is 5.69. The number of imide groups is 1. The van der Waals surface area contributed by atoms with Crippen LogP contribution in [0.3, 0.4) is 0 Å². The first-order valence-corrected chi connectivity index (χ1v) is 6.47. The molecule has 2 amide bonds. The van der Waals surface area contributed by atoms with Gasteiger partial charge in [0.2, 0.25) is 11.8 Å². The number of carboxylic acid groups (broad SMARTS) is 1. The van der Waals surface area contributed by atoms with Crippen molar-refractivity contribution in [3.05, 3.63) is 0 Å². The lowest BCUT2D eigenvalue weighted by Gasteiger charge is -2.42. The zero-order valence-electron chi connectivity index (χ0n) is 10.8. The van der Waals surface area contributed by atoms with E-state index in [0.29, 0.717) is 12.8 Å². The number of hydrogen-bond acceptors (Lipinski definition) is 3. The summed E-state index contributed by atoms with van der Waals surface area (Å²) in [7, 11) is 0. The fraction of sp³-hybridized carbons (Fsp3) is 0.769. The minimum Gasteiger partial charge on any atom is -0.481 e. The summed E-state index contributed by atoms with van der Waals surface area (Å²) in [6.07, 6.45) is 3.06. The molecule has 1 saturated carbocycles. The first-order chi connectivity index (χ1) is 8.38. The van der Waals surface area contributed by atoms with Crippen molar-refractivity contribution in [2.75, 3.05) is 0 Å². The Morgan fingerprint density at radius 2 is 2.06 bits per heavy atom. The van der Waals surface area contributed by atoms with Gasteiger partial charge in [-0.05, 0) is 19.8 Å². The highest BCUT2D eigenvalue weighted by molar-refractivity contribution is 6.04. The van der Waals surface area contributed by atoms with E-state index in [-0.39, 0.29) is 24.2 Å². The third-order valence-corrected chi connectivity index (χ3v) is 4.37. The van der Waals surface area contributed by atoms with Crippen LogP contribution in [0.1, 0.15) is 46.0 Å². The lowest BCUT2D eigenvalue weighted by atomic mass is 9.71. The van der Waals surface area contributed by atoms with Gasteiger partial charge in [0.1, 0.15) is 0 Å². The maximum Gasteiger partial charge on any atom is 0.311 e. The Morgan fingerprint density at radius 3 is 2.56 bits per heavy atom. The first kappa shape index (κ1) is 13.1. The molecular weight excluding hydrogens is 234 g/mol. The summed E-state index contributed by atoms with van der Waals surface area (Å²) in [6, 6.07) is -0.478. The van der Waals surface area contributed by atoms with Crippen LogP contribution in [0.4, 0.5) is 0 Å². The number of amides is 2. The Morgan fingerprint density at radius 1 is 1.39 bits per heavy atom. The van der Waals surface area contributed by atoms with Crippen LogP contribution >= 0.6 is 0 Å². The minimum atomic E-state index is -0.992. The van der Waals surface area contributed by atoms with Crippen molar-refractivity contribution in [2.24, 2.45) is 11.3 Å². The summed E-state index contributed by atoms with van der Waals surface area (Å²) in [5.41, 5.74) is -0.992. The molecule has 2 rings (SSSR count). The molecule has 0 spiro atoms. The second kappa shape index (κ2) is 4.37. The molecule has 5 nitrogen and oxygen atoms in total. The number of carbonyl (C=O) groups is 3. The van der Waals surface area contributed by atoms with Gasteiger partial charge in [0.05, 0.1) is 11.5 Å². The molecule has 100 valence electrons. The number of carbonyl (C=O) groups excluding carboxylic acids is 2. The molecular formula is C13H19NO4. The van der Waals surface area contributed by atoms with Crippen LogP contribution in [0, 0.1) is 11.3 Å². The number of aliphatic carboxylic acids is 1. The van der Waals surface area contributed by atoms with Crippen LogP contribution in [0.25, 0.3) is 0 Å². The van der Waals surface area contributed by atoms with Gasteiger partial charge in [-0.25, -0.2) is 0 Å². The summed E-state index contributed by atoms with van der Waals surface area (Å²) in [6.45, 7) is 3.38. The molecule has 2 aliphatic rings. The number of carboxylic acids is 1. The minimum absolute atomic E-state index is 0.209. The van der Waals surface area contributed by atoms with Gasteiger partial charge in [0, 0.05) is 12.3 Å². The molecule has 5 heteroatoms. The molecule has 0 aromatic carbocycles. The first-order valence-electron chi connectivity index (χ1n) is 6.47. The molecule has 1 aliphatic carbocycles. The number of nitrogens with zero attached hydrogens (tertiary/aromatic N) is 1. The fourth-order valence-corrected chi connectivity index (χ4v) is 3.11. The van der Waals surface area contributed by atoms with Crippen molar-refractivity contribution in [2.45, 2.75) is 52.0 Å². The van der Waals surface area contributed by atoms with Crippen LogP contribution in [-0.4, -0.2) is 33.8 Å². The van der Waals surface area contributed by atoms with Crippen LogP contribution < -0.4 is 0 Å². The highest BCUT2D eigenvalue weighted by atomic mass is 16.4. The van der Waals surface area contributed by atoms with Gasteiger partial charge in [-0.2, -0.15) is 0 Å². The molecule has 1 aliphatic heterocycles. The zero-order chi connectivity index (χ0) is 13.5. The van der Waals surface area contributed by atoms with Gasteiger partial charge in [0.15, 0.2) is 0 Å². The summed E-state index contributed by atoms with van der Waals surface area (Å²) in [5.74, 6) is -1.64. The topological polar surface area (TPSA) is 74.7 Å². The van der Waals surface area contributed by atoms with Crippen LogP contribution in [0.15, 0.2) is 0 Å². The van der Waals surface area contributed by atoms with Gasteiger partial charge in [-0.1, -0.05) is 19.8 Å². The van der Waals surface area contributed by atoms with E-state index in [9.17, 15) is 19.5 Å². The number of likely N-dealkylation sites (tertiary alicyclic amines) is 1. The van der Waals surface area contributed by atoms with Crippen molar-refractivity contribution in [3.63, 3.8) is 0 Å². The maximum absolute atomic E-state index is 12.0. The van der Waals surface area contributed by atoms with Crippen molar-refractivity contribution in [1.29, 1.82) is 0 Å². The van der Waals surface area contributed by atoms with E-state index in [1.54, 1.807) is 13.8 Å². The van der Waals surface area contributed by atoms with E-state index in [2.05, 4.69) is 0 Å². The van der Waals surface area contributed by atoms with Crippen LogP contribution in [-0.2, 0) is 14.4 Å². The Labute approximate surface area is 106 Å². The number of hydrogen-bond donors (Lipinski definition) is 1. The van der Waals surface area contributed by atoms with E-state index in [4.69, 9.17) is 0 Å². The van der Waals surface area contributed by atoms with E-state index in [1.165, 1.54) is 4.90 Å². The lowest BCUT2D eigenvalue weighted by molar-refractivity contribution is -0.160. The summed E-state index contributed by atoms with van der Waals surface area (Å²) in [5, 5.41) is 9.42. The zero-order valence-corrected chi connectivity index (χ0v) is 10.8. The van der Waals surface area contributed by atoms with E-state index < -0.39 is 17.4 Å². The van der Waals surface area contributed by atoms with Gasteiger partial charge in [0.25, 0.3) is 0 Å². The van der Waals surface area contributed by atoms with Crippen molar-refractivity contribution < 1.29 is 19.5 Å². The van der Waals surface area contributed by atoms with Crippen LogP contribution in [0.5, 0.6) is 0 Å². The van der Waals surface area contributed by atoms with Gasteiger partial charge in [-0.15, -0.1) is 0 Å². The molecule has 3 atom stereocenters. The monoisotopic (exact) mass is 253 g/mol. The predicted molar refractivity (Wildman–Crippen MR) is 63.6 cm³/mol. The molecule has 0 aromatic heterocycles. The fourth-order valence-electron chi connectivity index (χ4n) is 3.11. The molecule has 3 unspecified atom stereocenters. The quantitative estimate of drug-likeness (QED) is 0.755. The molecule has 1 heterocycles. The van der Waals surface area contributed by atoms with Gasteiger partial charge in [-0.3, -0.25) is 19.3 Å². The van der Waals surface area contributed by atoms with E-state index >= 15 is 0 Å². The predicted octanol–water partition coefficient (Wildman–Crippen LogP) is 1.41. The highest BCUT2D eigenvalue weighted by Gasteiger charge is 2.51. The van der Waals surface area contributed by atoms with Gasteiger partial charge < -0.3 is 5.11 Å². The molecule has 1 N–H and O–H groups in total. The van der Waals surface area contributed by atoms with E-state index in [1.807, 2.05) is 0 Å². The summed E-state index contributed by atoms with van der Waals surface area (Å²) >= 11 is 0. The third-order valence-electron chi connectivity index (χ3n) is 4.37. The molecule has 0 aromatic rings.